The molecule has 0 spiro atoms. The average molecular weight is 154 g/mol. The third-order valence-electron chi connectivity index (χ3n) is 2.32. The second-order valence-electron chi connectivity index (χ2n) is 3.57. The van der Waals surface area contributed by atoms with Crippen LogP contribution in [0.2, 0.25) is 0 Å². The van der Waals surface area contributed by atoms with Gasteiger partial charge in [-0.15, -0.1) is 0 Å². The predicted molar refractivity (Wildman–Crippen MR) is 42.2 cm³/mol. The summed E-state index contributed by atoms with van der Waals surface area (Å²) in [6.45, 7) is 4.08. The average Bonchev–Trinajstić information content (AvgIpc) is 1.85. The van der Waals surface area contributed by atoms with Crippen LogP contribution in [0.5, 0.6) is 0 Å². The second-order valence-corrected chi connectivity index (χ2v) is 3.57. The molecule has 0 N–H and O–H groups in total. The molecule has 1 aliphatic rings. The van der Waals surface area contributed by atoms with Gasteiger partial charge in [-0.1, -0.05) is 13.8 Å². The lowest BCUT2D eigenvalue weighted by atomic mass is 9.80. The lowest BCUT2D eigenvalue weighted by Gasteiger charge is -2.22. The molecule has 0 bridgehead atoms. The van der Waals surface area contributed by atoms with Crippen LogP contribution in [0.1, 0.15) is 33.1 Å². The summed E-state index contributed by atoms with van der Waals surface area (Å²) in [4.78, 5) is 22.0. The van der Waals surface area contributed by atoms with E-state index in [4.69, 9.17) is 0 Å². The lowest BCUT2D eigenvalue weighted by molar-refractivity contribution is -0.133. The van der Waals surface area contributed by atoms with Gasteiger partial charge in [0.15, 0.2) is 0 Å². The van der Waals surface area contributed by atoms with Crippen molar-refractivity contribution in [2.24, 2.45) is 11.8 Å². The SMILES string of the molecule is CC(C)C1CCC(=O)CC1=O. The van der Waals surface area contributed by atoms with Crippen LogP contribution in [0.4, 0.5) is 0 Å². The van der Waals surface area contributed by atoms with Gasteiger partial charge in [0, 0.05) is 12.3 Å². The van der Waals surface area contributed by atoms with Gasteiger partial charge in [0.05, 0.1) is 6.42 Å². The molecule has 0 radical (unpaired) electrons. The highest BCUT2D eigenvalue weighted by atomic mass is 16.1. The summed E-state index contributed by atoms with van der Waals surface area (Å²) in [5.41, 5.74) is 0. The summed E-state index contributed by atoms with van der Waals surface area (Å²) in [7, 11) is 0. The Morgan fingerprint density at radius 3 is 2.45 bits per heavy atom. The van der Waals surface area contributed by atoms with Crippen LogP contribution >= 0.6 is 0 Å². The largest absolute Gasteiger partial charge is 0.299 e. The standard InChI is InChI=1S/C9H14O2/c1-6(2)8-4-3-7(10)5-9(8)11/h6,8H,3-5H2,1-2H3. The van der Waals surface area contributed by atoms with E-state index in [2.05, 4.69) is 0 Å². The van der Waals surface area contributed by atoms with Gasteiger partial charge < -0.3 is 0 Å². The Morgan fingerprint density at radius 2 is 2.00 bits per heavy atom. The monoisotopic (exact) mass is 154 g/mol. The number of Topliss-reactive ketones (excluding diaryl/α,β-unsaturated/α-hetero) is 2. The highest BCUT2D eigenvalue weighted by Gasteiger charge is 2.28. The van der Waals surface area contributed by atoms with Gasteiger partial charge >= 0.3 is 0 Å². The van der Waals surface area contributed by atoms with Crippen LogP contribution < -0.4 is 0 Å². The number of hydrogen-bond acceptors (Lipinski definition) is 2. The molecule has 1 fully saturated rings. The fourth-order valence-corrected chi connectivity index (χ4v) is 1.60. The smallest absolute Gasteiger partial charge is 0.143 e. The van der Waals surface area contributed by atoms with Crippen molar-refractivity contribution in [3.05, 3.63) is 0 Å². The van der Waals surface area contributed by atoms with Gasteiger partial charge in [-0.2, -0.15) is 0 Å². The molecule has 1 saturated carbocycles. The Bertz CT molecular complexity index is 182. The maximum Gasteiger partial charge on any atom is 0.143 e. The Labute approximate surface area is 67.0 Å². The topological polar surface area (TPSA) is 34.1 Å². The molecule has 62 valence electrons. The summed E-state index contributed by atoms with van der Waals surface area (Å²) in [6, 6.07) is 0. The van der Waals surface area contributed by atoms with Crippen LogP contribution in [-0.4, -0.2) is 11.6 Å². The Hall–Kier alpha value is -0.660. The quantitative estimate of drug-likeness (QED) is 0.537. The molecule has 0 aliphatic heterocycles. The first-order valence-electron chi connectivity index (χ1n) is 4.15. The molecule has 2 heteroatoms. The van der Waals surface area contributed by atoms with E-state index in [1.54, 1.807) is 0 Å². The minimum Gasteiger partial charge on any atom is -0.299 e. The first-order chi connectivity index (χ1) is 5.11. The van der Waals surface area contributed by atoms with Gasteiger partial charge in [0.1, 0.15) is 11.6 Å². The molecule has 1 rings (SSSR count). The molecule has 11 heavy (non-hydrogen) atoms. The molecule has 2 nitrogen and oxygen atoms in total. The van der Waals surface area contributed by atoms with E-state index in [0.717, 1.165) is 6.42 Å². The molecule has 0 heterocycles. The van der Waals surface area contributed by atoms with Crippen LogP contribution in [0, 0.1) is 11.8 Å². The van der Waals surface area contributed by atoms with E-state index < -0.39 is 0 Å². The van der Waals surface area contributed by atoms with Gasteiger partial charge in [0.2, 0.25) is 0 Å². The van der Waals surface area contributed by atoms with Crippen LogP contribution in [0.25, 0.3) is 0 Å². The predicted octanol–water partition coefficient (Wildman–Crippen LogP) is 1.58. The number of carbonyl (C=O) groups excluding carboxylic acids is 2. The first kappa shape index (κ1) is 8.44. The molecular formula is C9H14O2. The van der Waals surface area contributed by atoms with Crippen molar-refractivity contribution in [2.45, 2.75) is 33.1 Å². The van der Waals surface area contributed by atoms with Crippen LogP contribution in [0.3, 0.4) is 0 Å². The molecular weight excluding hydrogens is 140 g/mol. The lowest BCUT2D eigenvalue weighted by Crippen LogP contribution is -2.28. The van der Waals surface area contributed by atoms with Crippen molar-refractivity contribution in [3.63, 3.8) is 0 Å². The zero-order valence-corrected chi connectivity index (χ0v) is 7.09. The number of rotatable bonds is 1. The molecule has 0 saturated heterocycles. The van der Waals surface area contributed by atoms with Crippen molar-refractivity contribution in [2.75, 3.05) is 0 Å². The molecule has 0 aromatic heterocycles. The first-order valence-corrected chi connectivity index (χ1v) is 4.15. The minimum absolute atomic E-state index is 0.118. The van der Waals surface area contributed by atoms with Crippen molar-refractivity contribution in [1.82, 2.24) is 0 Å². The second kappa shape index (κ2) is 3.16. The Kier molecular flexibility index (Phi) is 2.42. The maximum atomic E-state index is 11.2. The third-order valence-corrected chi connectivity index (χ3v) is 2.32. The molecule has 1 unspecified atom stereocenters. The fourth-order valence-electron chi connectivity index (χ4n) is 1.60. The molecule has 0 aromatic rings. The van der Waals surface area contributed by atoms with E-state index in [1.165, 1.54) is 0 Å². The number of ketones is 2. The van der Waals surface area contributed by atoms with Crippen molar-refractivity contribution < 1.29 is 9.59 Å². The van der Waals surface area contributed by atoms with Crippen molar-refractivity contribution in [3.8, 4) is 0 Å². The Morgan fingerprint density at radius 1 is 1.36 bits per heavy atom. The Balaban J connectivity index is 2.57. The van der Waals surface area contributed by atoms with E-state index >= 15 is 0 Å². The maximum absolute atomic E-state index is 11.2. The van der Waals surface area contributed by atoms with E-state index in [1.807, 2.05) is 13.8 Å². The van der Waals surface area contributed by atoms with Gasteiger partial charge in [-0.25, -0.2) is 0 Å². The van der Waals surface area contributed by atoms with E-state index in [9.17, 15) is 9.59 Å². The molecule has 0 amide bonds. The number of hydrogen-bond donors (Lipinski definition) is 0. The zero-order valence-electron chi connectivity index (χ0n) is 7.09. The highest BCUT2D eigenvalue weighted by molar-refractivity contribution is 6.02. The molecule has 1 atom stereocenters. The third kappa shape index (κ3) is 1.88. The van der Waals surface area contributed by atoms with Crippen molar-refractivity contribution in [1.29, 1.82) is 0 Å². The van der Waals surface area contributed by atoms with Crippen LogP contribution in [0.15, 0.2) is 0 Å². The minimum atomic E-state index is 0.118. The van der Waals surface area contributed by atoms with E-state index in [0.29, 0.717) is 12.3 Å². The summed E-state index contributed by atoms with van der Waals surface area (Å²) in [6.07, 6.45) is 1.56. The summed E-state index contributed by atoms with van der Waals surface area (Å²) < 4.78 is 0. The summed E-state index contributed by atoms with van der Waals surface area (Å²) >= 11 is 0. The summed E-state index contributed by atoms with van der Waals surface area (Å²) in [5.74, 6) is 0.812. The van der Waals surface area contributed by atoms with Gasteiger partial charge in [0.25, 0.3) is 0 Å². The number of carbonyl (C=O) groups is 2. The molecule has 0 aromatic carbocycles. The molecule has 1 aliphatic carbocycles. The van der Waals surface area contributed by atoms with Gasteiger partial charge in [-0.3, -0.25) is 9.59 Å². The van der Waals surface area contributed by atoms with Crippen LogP contribution in [-0.2, 0) is 9.59 Å². The van der Waals surface area contributed by atoms with E-state index in [-0.39, 0.29) is 23.9 Å². The van der Waals surface area contributed by atoms with Crippen molar-refractivity contribution >= 4 is 11.6 Å². The zero-order chi connectivity index (χ0) is 8.43. The highest BCUT2D eigenvalue weighted by Crippen LogP contribution is 2.24. The fraction of sp³-hybridized carbons (Fsp3) is 0.778. The summed E-state index contributed by atoms with van der Waals surface area (Å²) in [5, 5.41) is 0. The normalized spacial score (nSPS) is 26.3. The van der Waals surface area contributed by atoms with Gasteiger partial charge in [-0.05, 0) is 12.3 Å².